The van der Waals surface area contributed by atoms with E-state index in [1.54, 1.807) is 76.2 Å². The van der Waals surface area contributed by atoms with Gasteiger partial charge in [-0.2, -0.15) is 0 Å². The van der Waals surface area contributed by atoms with E-state index in [-0.39, 0.29) is 67.0 Å². The summed E-state index contributed by atoms with van der Waals surface area (Å²) in [5.41, 5.74) is 0. The van der Waals surface area contributed by atoms with E-state index in [2.05, 4.69) is 0 Å². The molecule has 0 heterocycles. The van der Waals surface area contributed by atoms with Gasteiger partial charge in [0.15, 0.2) is 0 Å². The second-order valence-electron chi connectivity index (χ2n) is 25.0. The predicted molar refractivity (Wildman–Crippen MR) is 416 cm³/mol. The van der Waals surface area contributed by atoms with Crippen LogP contribution in [-0.4, -0.2) is 250 Å². The number of methoxy groups -OCH3 is 3. The highest BCUT2D eigenvalue weighted by atomic mass is 32.2. The van der Waals surface area contributed by atoms with Crippen LogP contribution in [0.25, 0.3) is 0 Å². The van der Waals surface area contributed by atoms with Crippen molar-refractivity contribution < 1.29 is 127 Å². The van der Waals surface area contributed by atoms with Crippen molar-refractivity contribution in [3.63, 3.8) is 0 Å². The molecule has 21 N–H and O–H groups in total. The second kappa shape index (κ2) is 57.7. The van der Waals surface area contributed by atoms with Crippen molar-refractivity contribution in [3.05, 3.63) is 0 Å². The third-order valence-electron chi connectivity index (χ3n) is 15.5. The van der Waals surface area contributed by atoms with Crippen molar-refractivity contribution in [2.75, 3.05) is 41.2 Å². The van der Waals surface area contributed by atoms with Crippen molar-refractivity contribution in [1.82, 2.24) is 0 Å². The van der Waals surface area contributed by atoms with E-state index < -0.39 is 159 Å². The van der Waals surface area contributed by atoms with Crippen LogP contribution in [0.15, 0.2) is 0 Å². The molecule has 49 heteroatoms. The average Bonchev–Trinajstić information content (AvgIpc) is 0.911. The van der Waals surface area contributed by atoms with Crippen molar-refractivity contribution in [3.8, 4) is 0 Å². The van der Waals surface area contributed by atoms with Crippen LogP contribution >= 0.6 is 0 Å². The number of hydrogen-bond acceptors (Lipinski definition) is 29. The third kappa shape index (κ3) is 70.4. The molecule has 650 valence electrons. The lowest BCUT2D eigenvalue weighted by molar-refractivity contribution is 0.0187. The van der Waals surface area contributed by atoms with Crippen LogP contribution < -0.4 is 51.4 Å². The van der Waals surface area contributed by atoms with Crippen molar-refractivity contribution in [1.29, 1.82) is 0 Å². The van der Waals surface area contributed by atoms with Gasteiger partial charge in [0.2, 0.25) is 100 Å². The molecule has 0 fully saturated rings. The molecule has 0 saturated heterocycles. The normalized spacial score (nSPS) is 18.0. The Morgan fingerprint density at radius 3 is 0.429 bits per heavy atom. The first-order valence-electron chi connectivity index (χ1n) is 32.6. The van der Waals surface area contributed by atoms with E-state index in [4.69, 9.17) is 94.4 Å². The van der Waals surface area contributed by atoms with Gasteiger partial charge in [0.1, 0.15) is 0 Å². The number of hydrogen-bond donors (Lipinski definition) is 11. The molecule has 0 aromatic rings. The summed E-state index contributed by atoms with van der Waals surface area (Å²) < 4.78 is 254. The van der Waals surface area contributed by atoms with Gasteiger partial charge in [0, 0.05) is 41.2 Å². The number of nitrogens with two attached hydrogens (primary N) is 10. The first-order valence-corrected chi connectivity index (χ1v) is 48.7. The number of ether oxygens (including phenoxy) is 8. The van der Waals surface area contributed by atoms with Crippen molar-refractivity contribution >= 4 is 100 Å². The molecular weight excluding hydrogens is 1600 g/mol. The fourth-order valence-corrected chi connectivity index (χ4v) is 11.9. The minimum Gasteiger partial charge on any atom is -0.392 e. The highest BCUT2D eigenvalue weighted by Gasteiger charge is 2.29. The van der Waals surface area contributed by atoms with Gasteiger partial charge in [-0.15, -0.1) is 0 Å². The van der Waals surface area contributed by atoms with Gasteiger partial charge >= 0.3 is 0 Å². The summed E-state index contributed by atoms with van der Waals surface area (Å²) in [6, 6.07) is 0. The van der Waals surface area contributed by atoms with E-state index in [0.717, 1.165) is 0 Å². The molecule has 39 nitrogen and oxygen atoms in total. The van der Waals surface area contributed by atoms with Gasteiger partial charge in [-0.05, 0) is 186 Å². The average molecular weight is 1740 g/mol. The predicted octanol–water partition coefficient (Wildman–Crippen LogP) is -0.322. The van der Waals surface area contributed by atoms with Crippen molar-refractivity contribution in [2.24, 2.45) is 57.3 Å². The highest BCUT2D eigenvalue weighted by Crippen LogP contribution is 2.12. The van der Waals surface area contributed by atoms with Crippen LogP contribution in [0.5, 0.6) is 0 Å². The van der Waals surface area contributed by atoms with Gasteiger partial charge in [0.05, 0.1) is 120 Å². The minimum absolute atomic E-state index is 0.0178. The number of aliphatic hydroxyl groups is 1. The Bertz CT molecular complexity index is 3150. The fourth-order valence-electron chi connectivity index (χ4n) is 5.64. The molecule has 0 aromatic carbocycles. The summed E-state index contributed by atoms with van der Waals surface area (Å²) in [4.78, 5) is 0. The second-order valence-corrected chi connectivity index (χ2v) is 44.2. The van der Waals surface area contributed by atoms with Crippen LogP contribution in [0.3, 0.4) is 0 Å². The van der Waals surface area contributed by atoms with E-state index in [1.807, 2.05) is 62.3 Å². The molecule has 0 saturated carbocycles. The summed E-state index contributed by atoms with van der Waals surface area (Å²) in [5.74, 6) is 0.0972. The van der Waals surface area contributed by atoms with E-state index >= 15 is 0 Å². The number of primary sulfonamides is 10. The molecule has 105 heavy (non-hydrogen) atoms. The monoisotopic (exact) mass is 1740 g/mol. The van der Waals surface area contributed by atoms with E-state index in [0.29, 0.717) is 19.8 Å². The molecule has 19 atom stereocenters. The molecule has 0 radical (unpaired) electrons. The maximum Gasteiger partial charge on any atom is 0.214 e. The van der Waals surface area contributed by atoms with Crippen LogP contribution in [0.1, 0.15) is 194 Å². The zero-order chi connectivity index (χ0) is 87.5. The third-order valence-corrected chi connectivity index (χ3v) is 29.8. The summed E-state index contributed by atoms with van der Waals surface area (Å²) in [6.45, 7) is 48.1. The molecule has 0 aliphatic rings. The zero-order valence-electron chi connectivity index (χ0n) is 67.6. The molecule has 0 aromatic heterocycles. The Hall–Kier alpha value is -1.26. The zero-order valence-corrected chi connectivity index (χ0v) is 75.7. The lowest BCUT2D eigenvalue weighted by Crippen LogP contribution is -2.37. The largest absolute Gasteiger partial charge is 0.392 e. The number of aliphatic hydroxyl groups excluding tert-OH is 1. The minimum atomic E-state index is -3.55. The van der Waals surface area contributed by atoms with Crippen LogP contribution in [0, 0.1) is 5.92 Å². The van der Waals surface area contributed by atoms with Gasteiger partial charge in [0.25, 0.3) is 0 Å². The van der Waals surface area contributed by atoms with Gasteiger partial charge in [-0.1, -0.05) is 13.8 Å². The maximum absolute atomic E-state index is 10.9. The topological polar surface area (TPSA) is 696 Å². The Morgan fingerprint density at radius 1 is 0.229 bits per heavy atom. The maximum atomic E-state index is 10.9. The first kappa shape index (κ1) is 125. The first-order chi connectivity index (χ1) is 46.1. The smallest absolute Gasteiger partial charge is 0.214 e. The van der Waals surface area contributed by atoms with E-state index in [9.17, 15) is 84.2 Å². The molecule has 0 amide bonds. The van der Waals surface area contributed by atoms with Crippen LogP contribution in [0.2, 0.25) is 0 Å². The molecule has 0 rings (SSSR count). The Kier molecular flexibility index (Phi) is 68.5. The number of sulfonamides is 10. The van der Waals surface area contributed by atoms with Crippen LogP contribution in [-0.2, 0) is 138 Å². The highest BCUT2D eigenvalue weighted by molar-refractivity contribution is 7.92. The number of rotatable bonds is 33. The van der Waals surface area contributed by atoms with Gasteiger partial charge in [-0.3, -0.25) is 0 Å². The van der Waals surface area contributed by atoms with E-state index in [1.165, 1.54) is 76.7 Å². The lowest BCUT2D eigenvalue weighted by Gasteiger charge is -2.20. The van der Waals surface area contributed by atoms with Gasteiger partial charge in [-0.25, -0.2) is 136 Å². The quantitative estimate of drug-likeness (QED) is 0.0401. The standard InChI is InChI=1S/2C7H17NO3S.3C6H15NO3S.3C5H13NO3S.C5H13NO2S.C4H11NO3S/c2*1-5(2)11-6(3)7(4)12(8,9)10;3*1-4-10-5(2)6(3)11(7,8)9;3*1-4(9-3)5(2)10(6,7)8;1-4(2)5(3)9(6,7)8;1-3(6)4(2)9(5,7)8/h2*5-7H,1-4H3,(H2,8,9,10);3*5-6H,4H2,1-3H3,(H2,7,8,9);3*4-5H,1-3H3,(H2,6,7,8);4-5H,1-3H3,(H2,6,7,8);3-4,6H,1-2H3,(H2,5,7,8)/t6-,7+;6-,7-;5-,6+;2*5-,6-;2*4-,5+;4-,5-;5-;3-,4+/m1011010111/s1. The summed E-state index contributed by atoms with van der Waals surface area (Å²) in [7, 11) is -30.1. The van der Waals surface area contributed by atoms with Gasteiger partial charge < -0.3 is 43.0 Å². The molecule has 0 bridgehead atoms. The summed E-state index contributed by atoms with van der Waals surface area (Å²) >= 11 is 0. The molecular formula is C56H142N10O29S10. The summed E-state index contributed by atoms with van der Waals surface area (Å²) in [5, 5.41) is 50.9. The summed E-state index contributed by atoms with van der Waals surface area (Å²) in [6.07, 6.45) is -3.66. The molecule has 0 unspecified atom stereocenters. The van der Waals surface area contributed by atoms with Crippen molar-refractivity contribution in [2.45, 2.75) is 314 Å². The lowest BCUT2D eigenvalue weighted by atomic mass is 10.2. The fraction of sp³-hybridized carbons (Fsp3) is 1.00. The SMILES string of the molecule is CC(C)O[C@@H](C)[C@H](C)S(N)(=O)=O.CC(C)O[C@H](C)[C@H](C)S(N)(=O)=O.CC(C)[C@@H](C)S(N)(=O)=O.CCO[C@@H](C)[C@H](C)S(N)(=O)=O.CCO[C@H](C)[C@@H](C)S(N)(=O)=O.CCO[C@H](C)[C@H](C)S(N)(=O)=O.CO[C@@H](C)[C@@H](C)S(N)(=O)=O.CO[C@H](C)[C@@H](C)S(N)(=O)=O.CO[C@H](C)[C@H](C)S(N)(=O)=O.C[C@@H](O)[C@H](C)S(N)(=O)=O. The molecule has 0 spiro atoms. The Balaban J connectivity index is -0.000000120. The molecule has 0 aliphatic heterocycles. The Labute approximate surface area is 635 Å². The van der Waals surface area contributed by atoms with Crippen LogP contribution in [0.4, 0.5) is 0 Å². The molecule has 0 aliphatic carbocycles. The Morgan fingerprint density at radius 2 is 0.362 bits per heavy atom.